The molecule has 4 heteroatoms. The third-order valence-corrected chi connectivity index (χ3v) is 4.37. The Labute approximate surface area is 143 Å². The number of carbonyl (C=O) groups is 1. The Balaban J connectivity index is 2.45. The molecule has 0 aromatic heterocycles. The quantitative estimate of drug-likeness (QED) is 0.469. The van der Waals surface area contributed by atoms with Gasteiger partial charge in [0.05, 0.1) is 24.5 Å². The average Bonchev–Trinajstić information content (AvgIpc) is 2.46. The summed E-state index contributed by atoms with van der Waals surface area (Å²) in [5.74, 6) is -0.535. The normalized spacial score (nSPS) is 20.1. The Bertz CT molecular complexity index is 701. The van der Waals surface area contributed by atoms with Crippen LogP contribution in [0.1, 0.15) is 37.3 Å². The average molecular weight is 327 g/mol. The zero-order chi connectivity index (χ0) is 17.9. The van der Waals surface area contributed by atoms with E-state index in [1.807, 2.05) is 45.0 Å². The van der Waals surface area contributed by atoms with E-state index in [1.54, 1.807) is 6.08 Å². The van der Waals surface area contributed by atoms with Gasteiger partial charge in [-0.2, -0.15) is 0 Å². The number of rotatable bonds is 6. The molecule has 0 aliphatic heterocycles. The van der Waals surface area contributed by atoms with Crippen molar-refractivity contribution < 1.29 is 14.6 Å². The molecule has 1 aromatic carbocycles. The second kappa shape index (κ2) is 7.14. The van der Waals surface area contributed by atoms with Crippen molar-refractivity contribution in [2.24, 2.45) is 5.41 Å². The van der Waals surface area contributed by atoms with Crippen LogP contribution in [-0.2, 0) is 9.53 Å². The fraction of sp³-hybridized carbons (Fsp3) is 0.400. The van der Waals surface area contributed by atoms with Crippen molar-refractivity contribution in [3.05, 3.63) is 59.4 Å². The summed E-state index contributed by atoms with van der Waals surface area (Å²) in [6, 6.07) is 7.93. The zero-order valence-electron chi connectivity index (χ0n) is 14.6. The van der Waals surface area contributed by atoms with Crippen LogP contribution in [0.4, 0.5) is 0 Å². The molecule has 0 saturated heterocycles. The lowest BCUT2D eigenvalue weighted by molar-refractivity contribution is -0.118. The van der Waals surface area contributed by atoms with E-state index < -0.39 is 5.41 Å². The van der Waals surface area contributed by atoms with Crippen LogP contribution >= 0.6 is 0 Å². The number of allylic oxidation sites excluding steroid dienone is 1. The number of aliphatic hydroxyl groups is 1. The topological polar surface area (TPSA) is 70.4 Å². The Morgan fingerprint density at radius 3 is 2.83 bits per heavy atom. The minimum atomic E-state index is -0.416. The summed E-state index contributed by atoms with van der Waals surface area (Å²) in [5.41, 5.74) is 1.76. The van der Waals surface area contributed by atoms with Gasteiger partial charge in [-0.05, 0) is 17.9 Å². The SMILES string of the molecule is C=CCOCC(=N)C1=C(O)C(c2cccc(C)c2)C(C)(C)CC1=O. The highest BCUT2D eigenvalue weighted by molar-refractivity contribution is 6.22. The van der Waals surface area contributed by atoms with Crippen LogP contribution in [0.5, 0.6) is 0 Å². The van der Waals surface area contributed by atoms with Crippen LogP contribution in [0.2, 0.25) is 0 Å². The van der Waals surface area contributed by atoms with Crippen LogP contribution in [0.3, 0.4) is 0 Å². The van der Waals surface area contributed by atoms with Crippen molar-refractivity contribution in [1.82, 2.24) is 0 Å². The first-order chi connectivity index (χ1) is 11.3. The molecule has 0 radical (unpaired) electrons. The summed E-state index contributed by atoms with van der Waals surface area (Å²) in [6.07, 6.45) is 1.87. The number of nitrogens with one attached hydrogen (secondary N) is 1. The summed E-state index contributed by atoms with van der Waals surface area (Å²) in [6.45, 7) is 9.79. The molecule has 4 nitrogen and oxygen atoms in total. The van der Waals surface area contributed by atoms with Gasteiger partial charge in [0.25, 0.3) is 0 Å². The van der Waals surface area contributed by atoms with Gasteiger partial charge in [-0.1, -0.05) is 49.8 Å². The molecule has 0 spiro atoms. The Kier molecular flexibility index (Phi) is 5.40. The van der Waals surface area contributed by atoms with Crippen LogP contribution in [0.25, 0.3) is 0 Å². The molecule has 1 atom stereocenters. The molecule has 1 aromatic rings. The third-order valence-electron chi connectivity index (χ3n) is 4.37. The monoisotopic (exact) mass is 327 g/mol. The lowest BCUT2D eigenvalue weighted by Gasteiger charge is -2.38. The molecule has 1 aliphatic carbocycles. The van der Waals surface area contributed by atoms with Gasteiger partial charge in [0, 0.05) is 12.3 Å². The molecular weight excluding hydrogens is 302 g/mol. The van der Waals surface area contributed by atoms with E-state index in [0.29, 0.717) is 6.61 Å². The van der Waals surface area contributed by atoms with Crippen molar-refractivity contribution in [2.75, 3.05) is 13.2 Å². The zero-order valence-corrected chi connectivity index (χ0v) is 14.6. The highest BCUT2D eigenvalue weighted by atomic mass is 16.5. The lowest BCUT2D eigenvalue weighted by Crippen LogP contribution is -2.36. The predicted molar refractivity (Wildman–Crippen MR) is 95.7 cm³/mol. The Morgan fingerprint density at radius 2 is 2.21 bits per heavy atom. The largest absolute Gasteiger partial charge is 0.511 e. The number of ketones is 1. The van der Waals surface area contributed by atoms with E-state index >= 15 is 0 Å². The van der Waals surface area contributed by atoms with E-state index in [9.17, 15) is 9.90 Å². The van der Waals surface area contributed by atoms with Crippen LogP contribution in [0.15, 0.2) is 48.3 Å². The molecule has 2 N–H and O–H groups in total. The molecule has 0 heterocycles. The fourth-order valence-electron chi connectivity index (χ4n) is 3.36. The van der Waals surface area contributed by atoms with Crippen LogP contribution in [-0.4, -0.2) is 29.8 Å². The summed E-state index contributed by atoms with van der Waals surface area (Å²) >= 11 is 0. The van der Waals surface area contributed by atoms with Crippen molar-refractivity contribution >= 4 is 11.5 Å². The Morgan fingerprint density at radius 1 is 1.50 bits per heavy atom. The molecular formula is C20H25NO3. The fourth-order valence-corrected chi connectivity index (χ4v) is 3.36. The standard InChI is InChI=1S/C20H25NO3/c1-5-9-24-12-15(21)17-16(22)11-20(3,4)18(19(17)23)14-8-6-7-13(2)10-14/h5-8,10,18,21,23H,1,9,11-12H2,2-4H3. The van der Waals surface area contributed by atoms with E-state index in [0.717, 1.165) is 11.1 Å². The summed E-state index contributed by atoms with van der Waals surface area (Å²) in [7, 11) is 0. The van der Waals surface area contributed by atoms with E-state index in [4.69, 9.17) is 10.1 Å². The van der Waals surface area contributed by atoms with Gasteiger partial charge in [-0.25, -0.2) is 0 Å². The van der Waals surface area contributed by atoms with E-state index in [1.165, 1.54) is 0 Å². The van der Waals surface area contributed by atoms with Crippen LogP contribution in [0, 0.1) is 17.7 Å². The molecule has 0 saturated carbocycles. The molecule has 0 amide bonds. The second-order valence-electron chi connectivity index (χ2n) is 6.98. The van der Waals surface area contributed by atoms with Gasteiger partial charge in [-0.15, -0.1) is 6.58 Å². The summed E-state index contributed by atoms with van der Waals surface area (Å²) < 4.78 is 5.27. The smallest absolute Gasteiger partial charge is 0.168 e. The minimum Gasteiger partial charge on any atom is -0.511 e. The van der Waals surface area contributed by atoms with Gasteiger partial charge < -0.3 is 15.3 Å². The predicted octanol–water partition coefficient (Wildman–Crippen LogP) is 4.11. The van der Waals surface area contributed by atoms with Gasteiger partial charge in [0.2, 0.25) is 0 Å². The Hall–Kier alpha value is -2.20. The lowest BCUT2D eigenvalue weighted by atomic mass is 9.65. The number of aryl methyl sites for hydroxylation is 1. The first-order valence-corrected chi connectivity index (χ1v) is 8.07. The number of carbonyl (C=O) groups excluding carboxylic acids is 1. The van der Waals surface area contributed by atoms with Crippen molar-refractivity contribution in [2.45, 2.75) is 33.1 Å². The number of benzene rings is 1. The van der Waals surface area contributed by atoms with E-state index in [-0.39, 0.29) is 41.8 Å². The number of ether oxygens (including phenoxy) is 1. The summed E-state index contributed by atoms with van der Waals surface area (Å²) in [4.78, 5) is 12.5. The van der Waals surface area contributed by atoms with Gasteiger partial charge >= 0.3 is 0 Å². The highest BCUT2D eigenvalue weighted by Gasteiger charge is 2.43. The van der Waals surface area contributed by atoms with Crippen molar-refractivity contribution in [1.29, 1.82) is 5.41 Å². The minimum absolute atomic E-state index is 0.0158. The van der Waals surface area contributed by atoms with Crippen molar-refractivity contribution in [3.8, 4) is 0 Å². The molecule has 0 fully saturated rings. The number of Topliss-reactive ketones (excluding diaryl/α,β-unsaturated/α-hetero) is 1. The highest BCUT2D eigenvalue weighted by Crippen LogP contribution is 2.47. The van der Waals surface area contributed by atoms with Crippen LogP contribution < -0.4 is 0 Å². The first kappa shape index (κ1) is 18.1. The number of hydrogen-bond acceptors (Lipinski definition) is 4. The van der Waals surface area contributed by atoms with Crippen molar-refractivity contribution in [3.63, 3.8) is 0 Å². The van der Waals surface area contributed by atoms with Gasteiger partial charge in [0.1, 0.15) is 5.76 Å². The second-order valence-corrected chi connectivity index (χ2v) is 6.98. The molecule has 24 heavy (non-hydrogen) atoms. The van der Waals surface area contributed by atoms with Gasteiger partial charge in [0.15, 0.2) is 5.78 Å². The molecule has 2 rings (SSSR count). The maximum absolute atomic E-state index is 12.5. The molecule has 1 aliphatic rings. The maximum Gasteiger partial charge on any atom is 0.168 e. The molecule has 1 unspecified atom stereocenters. The maximum atomic E-state index is 12.5. The number of aliphatic hydroxyl groups excluding tert-OH is 1. The third kappa shape index (κ3) is 3.65. The number of hydrogen-bond donors (Lipinski definition) is 2. The van der Waals surface area contributed by atoms with E-state index in [2.05, 4.69) is 6.58 Å². The molecule has 128 valence electrons. The summed E-state index contributed by atoms with van der Waals surface area (Å²) in [5, 5.41) is 19.0. The first-order valence-electron chi connectivity index (χ1n) is 8.07. The molecule has 0 bridgehead atoms. The van der Waals surface area contributed by atoms with Gasteiger partial charge in [-0.3, -0.25) is 4.79 Å².